The molecule has 12 rings (SSSR count). The Kier molecular flexibility index (Phi) is 7.82. The van der Waals surface area contributed by atoms with E-state index in [4.69, 9.17) is 9.97 Å². The van der Waals surface area contributed by atoms with Crippen molar-refractivity contribution in [1.29, 1.82) is 0 Å². The number of imidazole rings is 1. The first kappa shape index (κ1) is 34.0. The molecule has 4 heteroatoms. The second-order valence-electron chi connectivity index (χ2n) is 15.4. The normalized spacial score (nSPS) is 11.7. The number of rotatable bonds is 6. The summed E-state index contributed by atoms with van der Waals surface area (Å²) in [5.41, 5.74) is 15.5. The van der Waals surface area contributed by atoms with Crippen molar-refractivity contribution in [3.63, 3.8) is 0 Å². The van der Waals surface area contributed by atoms with Gasteiger partial charge in [0, 0.05) is 44.0 Å². The third-order valence-electron chi connectivity index (χ3n) is 11.9. The van der Waals surface area contributed by atoms with E-state index < -0.39 is 0 Å². The molecule has 0 aliphatic carbocycles. The number of aromatic nitrogens is 4. The minimum Gasteiger partial charge on any atom is -0.309 e. The molecular formula is C56H36N4. The third kappa shape index (κ3) is 5.46. The fourth-order valence-corrected chi connectivity index (χ4v) is 9.12. The van der Waals surface area contributed by atoms with Crippen LogP contribution in [0.25, 0.3) is 111 Å². The highest BCUT2D eigenvalue weighted by Gasteiger charge is 2.20. The quantitative estimate of drug-likeness (QED) is 0.158. The number of nitrogens with zero attached hydrogens (tertiary/aromatic N) is 4. The van der Waals surface area contributed by atoms with Crippen LogP contribution in [0.4, 0.5) is 0 Å². The molecular weight excluding hydrogens is 729 g/mol. The Morgan fingerprint density at radius 3 is 1.58 bits per heavy atom. The van der Waals surface area contributed by atoms with Crippen LogP contribution < -0.4 is 0 Å². The van der Waals surface area contributed by atoms with Crippen molar-refractivity contribution >= 4 is 54.5 Å². The molecule has 280 valence electrons. The van der Waals surface area contributed by atoms with Crippen LogP contribution >= 0.6 is 0 Å². The molecule has 4 nitrogen and oxygen atoms in total. The minimum atomic E-state index is 0.937. The number of hydrogen-bond donors (Lipinski definition) is 0. The summed E-state index contributed by atoms with van der Waals surface area (Å²) >= 11 is 0. The zero-order chi connectivity index (χ0) is 39.6. The summed E-state index contributed by atoms with van der Waals surface area (Å²) in [4.78, 5) is 10.5. The van der Waals surface area contributed by atoms with E-state index in [1.54, 1.807) is 0 Å². The summed E-state index contributed by atoms with van der Waals surface area (Å²) in [5, 5.41) is 5.95. The van der Waals surface area contributed by atoms with Gasteiger partial charge < -0.3 is 4.57 Å². The van der Waals surface area contributed by atoms with Gasteiger partial charge in [0.05, 0.1) is 33.3 Å². The predicted molar refractivity (Wildman–Crippen MR) is 250 cm³/mol. The summed E-state index contributed by atoms with van der Waals surface area (Å²) < 4.78 is 4.64. The number of para-hydroxylation sites is 4. The van der Waals surface area contributed by atoms with E-state index in [9.17, 15) is 0 Å². The summed E-state index contributed by atoms with van der Waals surface area (Å²) in [7, 11) is 0. The van der Waals surface area contributed by atoms with Gasteiger partial charge in [0.25, 0.3) is 0 Å². The minimum absolute atomic E-state index is 0.937. The van der Waals surface area contributed by atoms with E-state index in [1.165, 1.54) is 38.1 Å². The van der Waals surface area contributed by atoms with Crippen LogP contribution in [0.2, 0.25) is 0 Å². The number of pyridine rings is 1. The number of benzene rings is 9. The maximum absolute atomic E-state index is 5.45. The van der Waals surface area contributed by atoms with Gasteiger partial charge in [-0.15, -0.1) is 0 Å². The molecule has 0 atom stereocenters. The van der Waals surface area contributed by atoms with Crippen molar-refractivity contribution in [2.24, 2.45) is 0 Å². The Morgan fingerprint density at radius 2 is 0.850 bits per heavy atom. The second-order valence-corrected chi connectivity index (χ2v) is 15.4. The second kappa shape index (κ2) is 13.8. The molecule has 0 saturated heterocycles. The fraction of sp³-hybridized carbons (Fsp3) is 0. The van der Waals surface area contributed by atoms with Crippen LogP contribution in [0, 0.1) is 0 Å². The van der Waals surface area contributed by atoms with Gasteiger partial charge in [-0.1, -0.05) is 158 Å². The zero-order valence-electron chi connectivity index (χ0n) is 32.6. The van der Waals surface area contributed by atoms with Crippen LogP contribution in [0.15, 0.2) is 218 Å². The summed E-state index contributed by atoms with van der Waals surface area (Å²) in [5.74, 6) is 0.937. The van der Waals surface area contributed by atoms with Gasteiger partial charge in [-0.2, -0.15) is 0 Å². The first-order valence-corrected chi connectivity index (χ1v) is 20.4. The maximum atomic E-state index is 5.45. The van der Waals surface area contributed by atoms with Crippen molar-refractivity contribution in [2.45, 2.75) is 0 Å². The topological polar surface area (TPSA) is 35.6 Å². The Morgan fingerprint density at radius 1 is 0.283 bits per heavy atom. The zero-order valence-corrected chi connectivity index (χ0v) is 32.6. The average molecular weight is 765 g/mol. The summed E-state index contributed by atoms with van der Waals surface area (Å²) in [6.45, 7) is 0. The van der Waals surface area contributed by atoms with Crippen LogP contribution in [-0.2, 0) is 0 Å². The van der Waals surface area contributed by atoms with Gasteiger partial charge >= 0.3 is 0 Å². The van der Waals surface area contributed by atoms with Crippen molar-refractivity contribution in [3.8, 4) is 56.3 Å². The van der Waals surface area contributed by atoms with Crippen LogP contribution in [0.5, 0.6) is 0 Å². The Balaban J connectivity index is 0.961. The Hall–Kier alpha value is -8.08. The van der Waals surface area contributed by atoms with Crippen LogP contribution in [0.3, 0.4) is 0 Å². The molecule has 0 bridgehead atoms. The molecule has 0 spiro atoms. The lowest BCUT2D eigenvalue weighted by Gasteiger charge is -2.14. The van der Waals surface area contributed by atoms with Crippen molar-refractivity contribution < 1.29 is 0 Å². The van der Waals surface area contributed by atoms with E-state index in [2.05, 4.69) is 215 Å². The lowest BCUT2D eigenvalue weighted by atomic mass is 9.94. The van der Waals surface area contributed by atoms with Gasteiger partial charge in [-0.05, 0) is 88.3 Å². The first-order chi connectivity index (χ1) is 29.8. The molecule has 0 fully saturated rings. The van der Waals surface area contributed by atoms with Gasteiger partial charge in [0.2, 0.25) is 0 Å². The molecule has 3 heterocycles. The first-order valence-electron chi connectivity index (χ1n) is 20.4. The van der Waals surface area contributed by atoms with Crippen molar-refractivity contribution in [1.82, 2.24) is 19.1 Å². The van der Waals surface area contributed by atoms with E-state index in [0.717, 1.165) is 72.6 Å². The van der Waals surface area contributed by atoms with Gasteiger partial charge in [-0.3, -0.25) is 4.57 Å². The lowest BCUT2D eigenvalue weighted by molar-refractivity contribution is 1.10. The van der Waals surface area contributed by atoms with Gasteiger partial charge in [-0.25, -0.2) is 9.97 Å². The van der Waals surface area contributed by atoms with Gasteiger partial charge in [0.15, 0.2) is 0 Å². The largest absolute Gasteiger partial charge is 0.309 e. The molecule has 3 aromatic heterocycles. The van der Waals surface area contributed by atoms with Crippen molar-refractivity contribution in [3.05, 3.63) is 218 Å². The number of hydrogen-bond acceptors (Lipinski definition) is 2. The predicted octanol–water partition coefficient (Wildman–Crippen LogP) is 14.5. The Labute approximate surface area is 346 Å². The van der Waals surface area contributed by atoms with Crippen molar-refractivity contribution in [2.75, 3.05) is 0 Å². The smallest absolute Gasteiger partial charge is 0.145 e. The van der Waals surface area contributed by atoms with E-state index >= 15 is 0 Å². The number of fused-ring (bicyclic) bond motifs is 8. The van der Waals surface area contributed by atoms with E-state index in [-0.39, 0.29) is 0 Å². The average Bonchev–Trinajstić information content (AvgIpc) is 3.89. The van der Waals surface area contributed by atoms with E-state index in [0.29, 0.717) is 0 Å². The van der Waals surface area contributed by atoms with Crippen LogP contribution in [0.1, 0.15) is 0 Å². The lowest BCUT2D eigenvalue weighted by Crippen LogP contribution is -1.97. The molecule has 9 aromatic carbocycles. The summed E-state index contributed by atoms with van der Waals surface area (Å²) in [6, 6.07) is 77.9. The molecule has 0 unspecified atom stereocenters. The fourth-order valence-electron chi connectivity index (χ4n) is 9.12. The summed E-state index contributed by atoms with van der Waals surface area (Å²) in [6.07, 6.45) is 0. The van der Waals surface area contributed by atoms with Crippen LogP contribution in [-0.4, -0.2) is 19.1 Å². The third-order valence-corrected chi connectivity index (χ3v) is 11.9. The molecule has 0 radical (unpaired) electrons. The van der Waals surface area contributed by atoms with Gasteiger partial charge in [0.1, 0.15) is 5.82 Å². The molecule has 60 heavy (non-hydrogen) atoms. The molecule has 0 N–H and O–H groups in total. The molecule has 0 saturated carbocycles. The van der Waals surface area contributed by atoms with E-state index in [1.807, 2.05) is 12.1 Å². The SMILES string of the molecule is c1ccc(-c2nc3ccc(-c4ccc(-c5ccc(-n6c(-c7ccccc7)nc7ccccc76)cc5)cc4)cc3c3ccc4c(c5ccccc5n4-c4ccccc4)c23)cc1. The standard InChI is InChI=1S/C56H36N4/c1-4-14-40(15-5-1)55-54-45(33-35-52-53(54)46-20-10-12-22-50(46)59(52)43-18-8-3-9-19-43)47-36-42(30-34-48(47)57-55)39-26-24-37(25-27-39)38-28-31-44(32-29-38)60-51-23-13-11-21-49(51)58-56(60)41-16-6-2-7-17-41/h1-36H. The highest BCUT2D eigenvalue weighted by atomic mass is 15.1. The highest BCUT2D eigenvalue weighted by molar-refractivity contribution is 6.28. The maximum Gasteiger partial charge on any atom is 0.145 e. The molecule has 0 aliphatic heterocycles. The molecule has 12 aromatic rings. The molecule has 0 amide bonds. The Bertz CT molecular complexity index is 3550. The highest BCUT2D eigenvalue weighted by Crippen LogP contribution is 2.43. The molecule has 0 aliphatic rings. The monoisotopic (exact) mass is 764 g/mol.